The molecule has 0 aromatic rings. The van der Waals surface area contributed by atoms with Crippen LogP contribution in [0.2, 0.25) is 0 Å². The van der Waals surface area contributed by atoms with E-state index in [-0.39, 0.29) is 25.6 Å². The molecule has 8 nitrogen and oxygen atoms in total. The van der Waals surface area contributed by atoms with E-state index in [0.29, 0.717) is 12.1 Å². The fourth-order valence-corrected chi connectivity index (χ4v) is 2.84. The average Bonchev–Trinajstić information content (AvgIpc) is 2.28. The number of nitrogens with one attached hydrogen (secondary N) is 1. The zero-order chi connectivity index (χ0) is 13.8. The Kier molecular flexibility index (Phi) is 4.91. The molecule has 9 heteroatoms. The lowest BCUT2D eigenvalue weighted by atomic mass is 10.00. The van der Waals surface area contributed by atoms with Gasteiger partial charge in [-0.15, -0.1) is 0 Å². The van der Waals surface area contributed by atoms with E-state index in [4.69, 9.17) is 5.21 Å². The minimum absolute atomic E-state index is 0.0963. The maximum atomic E-state index is 11.8. The number of carbonyl (C=O) groups is 1. The lowest BCUT2D eigenvalue weighted by molar-refractivity contribution is 0.158. The molecule has 0 bridgehead atoms. The number of piperidine rings is 1. The van der Waals surface area contributed by atoms with Crippen molar-refractivity contribution in [1.29, 1.82) is 0 Å². The number of nitrogens with zero attached hydrogens (tertiary/aromatic N) is 2. The fourth-order valence-electron chi connectivity index (χ4n) is 1.69. The van der Waals surface area contributed by atoms with Crippen LogP contribution in [0.25, 0.3) is 0 Å². The molecule has 1 amide bonds. The molecule has 0 radical (unpaired) electrons. The molecular formula is C9H17N3O5S. The highest BCUT2D eigenvalue weighted by molar-refractivity contribution is 7.87. The van der Waals surface area contributed by atoms with Gasteiger partial charge in [0.1, 0.15) is 0 Å². The molecular weight excluding hydrogens is 262 g/mol. The van der Waals surface area contributed by atoms with Gasteiger partial charge in [-0.25, -0.2) is 9.52 Å². The van der Waals surface area contributed by atoms with Gasteiger partial charge in [-0.05, 0) is 6.92 Å². The zero-order valence-electron chi connectivity index (χ0n) is 10.3. The predicted molar refractivity (Wildman–Crippen MR) is 63.7 cm³/mol. The highest BCUT2D eigenvalue weighted by Crippen LogP contribution is 2.16. The summed E-state index contributed by atoms with van der Waals surface area (Å²) < 4.78 is 31.1. The summed E-state index contributed by atoms with van der Waals surface area (Å²) in [5.74, 6) is -0.192. The van der Waals surface area contributed by atoms with E-state index in [2.05, 4.69) is 9.89 Å². The summed E-state index contributed by atoms with van der Waals surface area (Å²) in [6, 6.07) is 0. The van der Waals surface area contributed by atoms with E-state index in [1.54, 1.807) is 13.8 Å². The van der Waals surface area contributed by atoms with Gasteiger partial charge in [-0.3, -0.25) is 0 Å². The summed E-state index contributed by atoms with van der Waals surface area (Å²) in [5.41, 5.74) is 0.553. The van der Waals surface area contributed by atoms with Crippen LogP contribution >= 0.6 is 0 Å². The standard InChI is InChI=1S/C9H17N3O5S/c1-3-17-9(13)11-18(15,16)12-5-4-8(10-14)7(2)6-12/h7,14H,3-6H2,1-2H3,(H,11,13). The minimum Gasteiger partial charge on any atom is -0.449 e. The third kappa shape index (κ3) is 3.57. The largest absolute Gasteiger partial charge is 0.449 e. The van der Waals surface area contributed by atoms with Gasteiger partial charge in [-0.2, -0.15) is 12.7 Å². The van der Waals surface area contributed by atoms with Gasteiger partial charge in [0, 0.05) is 25.4 Å². The van der Waals surface area contributed by atoms with Crippen molar-refractivity contribution < 1.29 is 23.2 Å². The number of hydrogen-bond donors (Lipinski definition) is 2. The Labute approximate surface area is 106 Å². The van der Waals surface area contributed by atoms with Crippen LogP contribution in [0.15, 0.2) is 5.16 Å². The first-order chi connectivity index (χ1) is 8.40. The molecule has 0 aromatic carbocycles. The molecule has 1 fully saturated rings. The van der Waals surface area contributed by atoms with Gasteiger partial charge in [0.2, 0.25) is 0 Å². The molecule has 0 spiro atoms. The summed E-state index contributed by atoms with van der Waals surface area (Å²) in [5, 5.41) is 11.8. The average molecular weight is 279 g/mol. The van der Waals surface area contributed by atoms with Crippen molar-refractivity contribution in [3.8, 4) is 0 Å². The quantitative estimate of drug-likeness (QED) is 0.564. The zero-order valence-corrected chi connectivity index (χ0v) is 11.1. The lowest BCUT2D eigenvalue weighted by Crippen LogP contribution is -2.49. The lowest BCUT2D eigenvalue weighted by Gasteiger charge is -2.30. The van der Waals surface area contributed by atoms with Gasteiger partial charge in [0.15, 0.2) is 0 Å². The first-order valence-corrected chi connectivity index (χ1v) is 7.00. The van der Waals surface area contributed by atoms with Gasteiger partial charge >= 0.3 is 16.3 Å². The van der Waals surface area contributed by atoms with Crippen molar-refractivity contribution in [3.63, 3.8) is 0 Å². The van der Waals surface area contributed by atoms with Crippen molar-refractivity contribution in [2.24, 2.45) is 11.1 Å². The van der Waals surface area contributed by atoms with E-state index < -0.39 is 16.3 Å². The Morgan fingerprint density at radius 1 is 1.67 bits per heavy atom. The second-order valence-electron chi connectivity index (χ2n) is 3.93. The van der Waals surface area contributed by atoms with E-state index in [1.165, 1.54) is 0 Å². The topological polar surface area (TPSA) is 108 Å². The van der Waals surface area contributed by atoms with Crippen molar-refractivity contribution in [1.82, 2.24) is 9.03 Å². The Morgan fingerprint density at radius 2 is 2.33 bits per heavy atom. The summed E-state index contributed by atoms with van der Waals surface area (Å²) >= 11 is 0. The maximum Gasteiger partial charge on any atom is 0.421 e. The van der Waals surface area contributed by atoms with E-state index in [9.17, 15) is 13.2 Å². The Morgan fingerprint density at radius 3 is 2.83 bits per heavy atom. The molecule has 1 saturated heterocycles. The summed E-state index contributed by atoms with van der Waals surface area (Å²) in [4.78, 5) is 11.1. The number of amides is 1. The number of ether oxygens (including phenoxy) is 1. The summed E-state index contributed by atoms with van der Waals surface area (Å²) in [6.07, 6.45) is -0.659. The molecule has 0 aliphatic carbocycles. The van der Waals surface area contributed by atoms with Crippen LogP contribution in [0, 0.1) is 5.92 Å². The Hall–Kier alpha value is -1.35. The van der Waals surface area contributed by atoms with Crippen LogP contribution in [0.1, 0.15) is 20.3 Å². The Balaban J connectivity index is 2.67. The normalized spacial score (nSPS) is 23.9. The van der Waals surface area contributed by atoms with Gasteiger partial charge < -0.3 is 9.94 Å². The van der Waals surface area contributed by atoms with Gasteiger partial charge in [-0.1, -0.05) is 12.1 Å². The highest BCUT2D eigenvalue weighted by atomic mass is 32.2. The molecule has 1 aliphatic heterocycles. The third-order valence-corrected chi connectivity index (χ3v) is 4.06. The molecule has 1 heterocycles. The maximum absolute atomic E-state index is 11.8. The number of hydrogen-bond acceptors (Lipinski definition) is 6. The smallest absolute Gasteiger partial charge is 0.421 e. The number of rotatable bonds is 3. The van der Waals surface area contributed by atoms with Crippen LogP contribution in [0.3, 0.4) is 0 Å². The van der Waals surface area contributed by atoms with Gasteiger partial charge in [0.05, 0.1) is 12.3 Å². The molecule has 0 saturated carbocycles. The molecule has 1 rings (SSSR count). The summed E-state index contributed by atoms with van der Waals surface area (Å²) in [6.45, 7) is 3.76. The van der Waals surface area contributed by atoms with Crippen molar-refractivity contribution in [3.05, 3.63) is 0 Å². The van der Waals surface area contributed by atoms with Crippen LogP contribution in [0.4, 0.5) is 4.79 Å². The van der Waals surface area contributed by atoms with Gasteiger partial charge in [0.25, 0.3) is 0 Å². The first-order valence-electron chi connectivity index (χ1n) is 5.56. The second kappa shape index (κ2) is 6.01. The molecule has 18 heavy (non-hydrogen) atoms. The van der Waals surface area contributed by atoms with Crippen molar-refractivity contribution in [2.45, 2.75) is 20.3 Å². The highest BCUT2D eigenvalue weighted by Gasteiger charge is 2.31. The van der Waals surface area contributed by atoms with Crippen molar-refractivity contribution >= 4 is 22.0 Å². The molecule has 1 atom stereocenters. The first kappa shape index (κ1) is 14.7. The minimum atomic E-state index is -3.90. The number of carbonyl (C=O) groups excluding carboxylic acids is 1. The van der Waals surface area contributed by atoms with Crippen LogP contribution in [-0.2, 0) is 14.9 Å². The van der Waals surface area contributed by atoms with Crippen LogP contribution < -0.4 is 4.72 Å². The van der Waals surface area contributed by atoms with Crippen LogP contribution in [-0.4, -0.2) is 49.4 Å². The third-order valence-electron chi connectivity index (χ3n) is 2.62. The Bertz CT molecular complexity index is 433. The predicted octanol–water partition coefficient (Wildman–Crippen LogP) is 0.149. The molecule has 1 aliphatic rings. The van der Waals surface area contributed by atoms with Crippen LogP contribution in [0.5, 0.6) is 0 Å². The molecule has 1 unspecified atom stereocenters. The van der Waals surface area contributed by atoms with Crippen molar-refractivity contribution in [2.75, 3.05) is 19.7 Å². The fraction of sp³-hybridized carbons (Fsp3) is 0.778. The number of oxime groups is 1. The van der Waals surface area contributed by atoms with E-state index in [0.717, 1.165) is 4.31 Å². The molecule has 0 aromatic heterocycles. The van der Waals surface area contributed by atoms with E-state index >= 15 is 0 Å². The molecule has 104 valence electrons. The monoisotopic (exact) mass is 279 g/mol. The van der Waals surface area contributed by atoms with E-state index in [1.807, 2.05) is 4.72 Å². The molecule has 2 N–H and O–H groups in total. The second-order valence-corrected chi connectivity index (χ2v) is 5.60. The summed E-state index contributed by atoms with van der Waals surface area (Å²) in [7, 11) is -3.90. The SMILES string of the molecule is CCOC(=O)NS(=O)(=O)N1CCC(=NO)C(C)C1.